The van der Waals surface area contributed by atoms with Gasteiger partial charge in [0.15, 0.2) is 0 Å². The van der Waals surface area contributed by atoms with E-state index in [1.165, 1.54) is 24.3 Å². The summed E-state index contributed by atoms with van der Waals surface area (Å²) in [7, 11) is 0. The molecule has 0 rings (SSSR count). The number of carbonyl (C=O) groups excluding carboxylic acids is 2. The first-order valence-electron chi connectivity index (χ1n) is 3.54. The van der Waals surface area contributed by atoms with Crippen LogP contribution in [0.5, 0.6) is 0 Å². The molecule has 0 fully saturated rings. The van der Waals surface area contributed by atoms with E-state index >= 15 is 0 Å². The van der Waals surface area contributed by atoms with E-state index in [-0.39, 0.29) is 46.5 Å². The number of rotatable bonds is 4. The number of carbonyl (C=O) groups is 2. The molecule has 92 valence electrons. The van der Waals surface area contributed by atoms with Gasteiger partial charge in [-0.3, -0.25) is 0 Å². The third kappa shape index (κ3) is 51.1. The summed E-state index contributed by atoms with van der Waals surface area (Å²) in [5.41, 5.74) is 0. The van der Waals surface area contributed by atoms with E-state index in [2.05, 4.69) is 13.2 Å². The van der Waals surface area contributed by atoms with Crippen LogP contribution in [-0.2, 0) is 31.3 Å². The van der Waals surface area contributed by atoms with Crippen molar-refractivity contribution >= 4 is 11.9 Å². The van der Waals surface area contributed by atoms with Crippen molar-refractivity contribution in [1.82, 2.24) is 0 Å². The van der Waals surface area contributed by atoms with E-state index in [4.69, 9.17) is 0 Å². The van der Waals surface area contributed by atoms with Gasteiger partial charge in [-0.15, -0.1) is 0 Å². The first-order chi connectivity index (χ1) is 6.54. The molecule has 0 aliphatic heterocycles. The third-order valence-corrected chi connectivity index (χ3v) is 0.737. The summed E-state index contributed by atoms with van der Waals surface area (Å²) >= 11 is 0. The number of carboxylic acid groups (broad SMARTS) is 2. The minimum Gasteiger partial charge on any atom is -1.00 e. The molecule has 0 amide bonds. The molecule has 0 atom stereocenters. The monoisotopic (exact) mass is 312 g/mol. The Bertz CT molecular complexity index is 247. The number of halogens is 2. The molecular formula is C10H10Cl2O4Ti. The van der Waals surface area contributed by atoms with Crippen LogP contribution in [0, 0.1) is 0 Å². The van der Waals surface area contributed by atoms with Gasteiger partial charge in [0.1, 0.15) is 0 Å². The number of hydrogen-bond donors (Lipinski definition) is 0. The van der Waals surface area contributed by atoms with Crippen molar-refractivity contribution in [3.63, 3.8) is 0 Å². The van der Waals surface area contributed by atoms with Gasteiger partial charge in [0, 0.05) is 0 Å². The smallest absolute Gasteiger partial charge is 1.00 e. The average Bonchev–Trinajstić information content (AvgIpc) is 2.12. The van der Waals surface area contributed by atoms with Gasteiger partial charge in [-0.05, 0) is 12.2 Å². The third-order valence-electron chi connectivity index (χ3n) is 0.737. The molecule has 0 aromatic heterocycles. The zero-order valence-corrected chi connectivity index (χ0v) is 11.8. The molecule has 0 saturated carbocycles. The molecule has 0 N–H and O–H groups in total. The summed E-state index contributed by atoms with van der Waals surface area (Å²) in [4.78, 5) is 19.0. The van der Waals surface area contributed by atoms with Gasteiger partial charge in [0.2, 0.25) is 0 Å². The molecule has 0 aliphatic carbocycles. The van der Waals surface area contributed by atoms with Crippen molar-refractivity contribution in [3.05, 3.63) is 49.6 Å². The van der Waals surface area contributed by atoms with Crippen molar-refractivity contribution in [2.45, 2.75) is 0 Å². The predicted molar refractivity (Wildman–Crippen MR) is 48.7 cm³/mol. The SMILES string of the molecule is C=CC=CC(=O)[O-].C=CC=CC(=O)[O-].[Cl-].[Cl-].[Ti+4]. The number of carboxylic acids is 2. The molecule has 0 heterocycles. The fourth-order valence-corrected chi connectivity index (χ4v) is 0.293. The zero-order chi connectivity index (χ0) is 11.4. The van der Waals surface area contributed by atoms with Crippen molar-refractivity contribution < 1.29 is 66.3 Å². The average molecular weight is 313 g/mol. The second-order valence-electron chi connectivity index (χ2n) is 1.83. The van der Waals surface area contributed by atoms with E-state index in [1.54, 1.807) is 0 Å². The minimum absolute atomic E-state index is 0. The summed E-state index contributed by atoms with van der Waals surface area (Å²) < 4.78 is 0. The number of aliphatic carboxylic acids is 2. The molecule has 0 aliphatic rings. The summed E-state index contributed by atoms with van der Waals surface area (Å²) in [5.74, 6) is -2.39. The second kappa shape index (κ2) is 24.4. The fraction of sp³-hybridized carbons (Fsp3) is 0. The van der Waals surface area contributed by atoms with Crippen LogP contribution in [-0.4, -0.2) is 11.9 Å². The van der Waals surface area contributed by atoms with Crippen LogP contribution in [0.4, 0.5) is 0 Å². The van der Waals surface area contributed by atoms with Crippen LogP contribution in [0.3, 0.4) is 0 Å². The molecule has 4 nitrogen and oxygen atoms in total. The van der Waals surface area contributed by atoms with Crippen molar-refractivity contribution in [1.29, 1.82) is 0 Å². The van der Waals surface area contributed by atoms with Crippen LogP contribution < -0.4 is 35.0 Å². The molecule has 0 unspecified atom stereocenters. The van der Waals surface area contributed by atoms with Crippen LogP contribution in [0.15, 0.2) is 49.6 Å². The summed E-state index contributed by atoms with van der Waals surface area (Å²) in [6.45, 7) is 6.51. The Hall–Kier alpha value is -0.806. The van der Waals surface area contributed by atoms with Crippen LogP contribution >= 0.6 is 0 Å². The van der Waals surface area contributed by atoms with Gasteiger partial charge in [-0.25, -0.2) is 0 Å². The van der Waals surface area contributed by atoms with Crippen LogP contribution in [0.1, 0.15) is 0 Å². The Labute approximate surface area is 127 Å². The van der Waals surface area contributed by atoms with E-state index in [1.807, 2.05) is 0 Å². The molecule has 7 heteroatoms. The van der Waals surface area contributed by atoms with Crippen molar-refractivity contribution in [2.75, 3.05) is 0 Å². The van der Waals surface area contributed by atoms with Gasteiger partial charge < -0.3 is 44.6 Å². The second-order valence-corrected chi connectivity index (χ2v) is 1.83. The van der Waals surface area contributed by atoms with E-state index in [0.717, 1.165) is 12.2 Å². The zero-order valence-electron chi connectivity index (χ0n) is 8.77. The minimum atomic E-state index is -1.19. The van der Waals surface area contributed by atoms with Gasteiger partial charge in [-0.1, -0.05) is 37.5 Å². The fourth-order valence-electron chi connectivity index (χ4n) is 0.293. The number of hydrogen-bond acceptors (Lipinski definition) is 4. The number of allylic oxidation sites excluding steroid dienone is 4. The molecule has 17 heavy (non-hydrogen) atoms. The van der Waals surface area contributed by atoms with Gasteiger partial charge in [0.25, 0.3) is 0 Å². The maximum absolute atomic E-state index is 9.51. The Morgan fingerprint density at radius 3 is 1.12 bits per heavy atom. The summed E-state index contributed by atoms with van der Waals surface area (Å²) in [6.07, 6.45) is 7.16. The van der Waals surface area contributed by atoms with Crippen LogP contribution in [0.25, 0.3) is 0 Å². The first kappa shape index (κ1) is 29.8. The quantitative estimate of drug-likeness (QED) is 0.293. The first-order valence-corrected chi connectivity index (χ1v) is 3.54. The van der Waals surface area contributed by atoms with Crippen LogP contribution in [0.2, 0.25) is 0 Å². The topological polar surface area (TPSA) is 80.3 Å². The molecule has 0 spiro atoms. The molecule has 0 radical (unpaired) electrons. The Balaban J connectivity index is -0.0000000480. The maximum Gasteiger partial charge on any atom is 4.00 e. The predicted octanol–water partition coefficient (Wildman–Crippen LogP) is -7.04. The Morgan fingerprint density at radius 1 is 0.824 bits per heavy atom. The van der Waals surface area contributed by atoms with E-state index < -0.39 is 11.9 Å². The normalized spacial score (nSPS) is 7.53. The van der Waals surface area contributed by atoms with E-state index in [9.17, 15) is 19.8 Å². The molecule has 0 aromatic rings. The molecule has 0 bridgehead atoms. The van der Waals surface area contributed by atoms with Gasteiger partial charge in [0.05, 0.1) is 11.9 Å². The summed E-state index contributed by atoms with van der Waals surface area (Å²) in [5, 5.41) is 19.0. The Kier molecular flexibility index (Phi) is 42.9. The van der Waals surface area contributed by atoms with E-state index in [0.29, 0.717) is 0 Å². The van der Waals surface area contributed by atoms with Gasteiger partial charge >= 0.3 is 21.7 Å². The standard InChI is InChI=1S/2C5H6O2.2ClH.Ti/c2*1-2-3-4-5(6)7;;;/h2*2-4H,1H2,(H,6,7);2*1H;/q;;;;+4/p-4. The van der Waals surface area contributed by atoms with Gasteiger partial charge in [-0.2, -0.15) is 0 Å². The molecule has 0 saturated heterocycles. The summed E-state index contributed by atoms with van der Waals surface area (Å²) in [6, 6.07) is 0. The van der Waals surface area contributed by atoms with Crippen molar-refractivity contribution in [2.24, 2.45) is 0 Å². The van der Waals surface area contributed by atoms with Crippen molar-refractivity contribution in [3.8, 4) is 0 Å². The maximum atomic E-state index is 9.51. The largest absolute Gasteiger partial charge is 4.00 e. The molecular weight excluding hydrogens is 303 g/mol. The Morgan fingerprint density at radius 2 is 1.06 bits per heavy atom. The molecule has 0 aromatic carbocycles.